The lowest BCUT2D eigenvalue weighted by molar-refractivity contribution is 0.281. The molecule has 1 aromatic rings. The first-order chi connectivity index (χ1) is 8.95. The van der Waals surface area contributed by atoms with Gasteiger partial charge in [-0.2, -0.15) is 0 Å². The minimum absolute atomic E-state index is 0.603. The maximum absolute atomic E-state index is 3.76. The third-order valence-electron chi connectivity index (χ3n) is 3.98. The van der Waals surface area contributed by atoms with Gasteiger partial charge in [-0.1, -0.05) is 29.8 Å². The zero-order valence-electron chi connectivity index (χ0n) is 12.4. The van der Waals surface area contributed by atoms with Crippen molar-refractivity contribution in [3.8, 4) is 0 Å². The van der Waals surface area contributed by atoms with Crippen LogP contribution in [-0.4, -0.2) is 20.1 Å². The number of nitrogens with zero attached hydrogens (tertiary/aromatic N) is 1. The molecule has 0 bridgehead atoms. The Kier molecular flexibility index (Phi) is 4.77. The molecule has 3 heteroatoms. The van der Waals surface area contributed by atoms with Crippen LogP contribution in [0.5, 0.6) is 0 Å². The molecule has 0 radical (unpaired) electrons. The molecule has 0 heterocycles. The summed E-state index contributed by atoms with van der Waals surface area (Å²) in [5, 5.41) is 3.76. The van der Waals surface area contributed by atoms with Crippen molar-refractivity contribution in [3.63, 3.8) is 0 Å². The highest BCUT2D eigenvalue weighted by Gasteiger charge is 2.24. The fourth-order valence-corrected chi connectivity index (χ4v) is 3.66. The van der Waals surface area contributed by atoms with Crippen LogP contribution >= 0.6 is 15.9 Å². The minimum Gasteiger partial charge on any atom is -0.381 e. The lowest BCUT2D eigenvalue weighted by atomic mass is 9.80. The molecule has 1 aromatic carbocycles. The van der Waals surface area contributed by atoms with E-state index in [1.807, 2.05) is 0 Å². The normalized spacial score (nSPS) is 27.1. The molecule has 2 atom stereocenters. The molecule has 106 valence electrons. The van der Waals surface area contributed by atoms with Crippen molar-refractivity contribution >= 4 is 27.3 Å². The standard InChI is InChI=1S/C16H25BrN2/c1-11-7-12(2)9-14(8-11)18-15-10-13(17)5-6-16(15)19(3)4/h5-6,10-12,14,18H,7-9H2,1-4H3. The van der Waals surface area contributed by atoms with Crippen LogP contribution in [0.3, 0.4) is 0 Å². The van der Waals surface area contributed by atoms with Gasteiger partial charge in [0, 0.05) is 24.6 Å². The van der Waals surface area contributed by atoms with Gasteiger partial charge < -0.3 is 10.2 Å². The summed E-state index contributed by atoms with van der Waals surface area (Å²) < 4.78 is 1.14. The maximum atomic E-state index is 3.76. The zero-order valence-corrected chi connectivity index (χ0v) is 14.0. The van der Waals surface area contributed by atoms with Gasteiger partial charge in [0.2, 0.25) is 0 Å². The second-order valence-corrected chi connectivity index (χ2v) is 7.23. The highest BCUT2D eigenvalue weighted by Crippen LogP contribution is 2.34. The van der Waals surface area contributed by atoms with Crippen molar-refractivity contribution in [2.75, 3.05) is 24.3 Å². The molecular formula is C16H25BrN2. The zero-order chi connectivity index (χ0) is 14.0. The summed E-state index contributed by atoms with van der Waals surface area (Å²) in [7, 11) is 4.20. The molecule has 1 fully saturated rings. The van der Waals surface area contributed by atoms with Crippen LogP contribution in [0.15, 0.2) is 22.7 Å². The second-order valence-electron chi connectivity index (χ2n) is 6.31. The molecule has 2 unspecified atom stereocenters. The fraction of sp³-hybridized carbons (Fsp3) is 0.625. The maximum Gasteiger partial charge on any atom is 0.0597 e. The summed E-state index contributed by atoms with van der Waals surface area (Å²) in [5.41, 5.74) is 2.50. The van der Waals surface area contributed by atoms with Crippen LogP contribution in [0.25, 0.3) is 0 Å². The predicted molar refractivity (Wildman–Crippen MR) is 88.1 cm³/mol. The van der Waals surface area contributed by atoms with Gasteiger partial charge in [-0.25, -0.2) is 0 Å². The van der Waals surface area contributed by atoms with E-state index in [0.29, 0.717) is 6.04 Å². The predicted octanol–water partition coefficient (Wildman–Crippen LogP) is 4.75. The van der Waals surface area contributed by atoms with Gasteiger partial charge in [0.25, 0.3) is 0 Å². The molecule has 0 aliphatic heterocycles. The van der Waals surface area contributed by atoms with Crippen molar-refractivity contribution in [3.05, 3.63) is 22.7 Å². The lowest BCUT2D eigenvalue weighted by Gasteiger charge is -2.33. The molecule has 1 aliphatic rings. The molecule has 0 amide bonds. The molecule has 0 aromatic heterocycles. The average Bonchev–Trinajstić information content (AvgIpc) is 2.26. The van der Waals surface area contributed by atoms with Crippen LogP contribution in [0.1, 0.15) is 33.1 Å². The molecule has 2 nitrogen and oxygen atoms in total. The van der Waals surface area contributed by atoms with Crippen molar-refractivity contribution in [2.45, 2.75) is 39.2 Å². The molecule has 2 rings (SSSR count). The van der Waals surface area contributed by atoms with E-state index >= 15 is 0 Å². The Morgan fingerprint density at radius 1 is 1.11 bits per heavy atom. The molecule has 19 heavy (non-hydrogen) atoms. The van der Waals surface area contributed by atoms with Gasteiger partial charge in [-0.05, 0) is 49.3 Å². The number of rotatable bonds is 3. The summed E-state index contributed by atoms with van der Waals surface area (Å²) in [4.78, 5) is 2.17. The average molecular weight is 325 g/mol. The first kappa shape index (κ1) is 14.7. The van der Waals surface area contributed by atoms with E-state index in [4.69, 9.17) is 0 Å². The van der Waals surface area contributed by atoms with Crippen molar-refractivity contribution < 1.29 is 0 Å². The van der Waals surface area contributed by atoms with Crippen LogP contribution in [0.2, 0.25) is 0 Å². The van der Waals surface area contributed by atoms with Gasteiger partial charge in [0.15, 0.2) is 0 Å². The van der Waals surface area contributed by atoms with E-state index in [1.54, 1.807) is 0 Å². The molecule has 1 N–H and O–H groups in total. The highest BCUT2D eigenvalue weighted by atomic mass is 79.9. The summed E-state index contributed by atoms with van der Waals surface area (Å²) in [6.07, 6.45) is 3.94. The monoisotopic (exact) mass is 324 g/mol. The Morgan fingerprint density at radius 3 is 2.32 bits per heavy atom. The van der Waals surface area contributed by atoms with E-state index in [9.17, 15) is 0 Å². The summed E-state index contributed by atoms with van der Waals surface area (Å²) in [6, 6.07) is 7.07. The second kappa shape index (κ2) is 6.17. The Morgan fingerprint density at radius 2 is 1.74 bits per heavy atom. The Hall–Kier alpha value is -0.700. The highest BCUT2D eigenvalue weighted by molar-refractivity contribution is 9.10. The summed E-state index contributed by atoms with van der Waals surface area (Å²) in [6.45, 7) is 4.75. The SMILES string of the molecule is CC1CC(C)CC(Nc2cc(Br)ccc2N(C)C)C1. The van der Waals surface area contributed by atoms with Gasteiger partial charge in [0.1, 0.15) is 0 Å². The van der Waals surface area contributed by atoms with Gasteiger partial charge in [0.05, 0.1) is 11.4 Å². The number of anilines is 2. The number of hydrogen-bond acceptors (Lipinski definition) is 2. The fourth-order valence-electron chi connectivity index (χ4n) is 3.30. The summed E-state index contributed by atoms with van der Waals surface area (Å²) in [5.74, 6) is 1.66. The largest absolute Gasteiger partial charge is 0.381 e. The van der Waals surface area contributed by atoms with Crippen LogP contribution in [0, 0.1) is 11.8 Å². The number of halogens is 1. The van der Waals surface area contributed by atoms with Crippen molar-refractivity contribution in [1.29, 1.82) is 0 Å². The molecule has 1 saturated carbocycles. The van der Waals surface area contributed by atoms with E-state index < -0.39 is 0 Å². The van der Waals surface area contributed by atoms with Crippen LogP contribution in [-0.2, 0) is 0 Å². The van der Waals surface area contributed by atoms with Gasteiger partial charge in [-0.15, -0.1) is 0 Å². The first-order valence-corrected chi connectivity index (χ1v) is 7.98. The number of benzene rings is 1. The van der Waals surface area contributed by atoms with Crippen molar-refractivity contribution in [2.24, 2.45) is 11.8 Å². The molecule has 1 aliphatic carbocycles. The third kappa shape index (κ3) is 3.88. The van der Waals surface area contributed by atoms with Crippen molar-refractivity contribution in [1.82, 2.24) is 0 Å². The third-order valence-corrected chi connectivity index (χ3v) is 4.47. The quantitative estimate of drug-likeness (QED) is 0.862. The lowest BCUT2D eigenvalue weighted by Crippen LogP contribution is -2.30. The topological polar surface area (TPSA) is 15.3 Å². The van der Waals surface area contributed by atoms with E-state index in [0.717, 1.165) is 16.3 Å². The minimum atomic E-state index is 0.603. The smallest absolute Gasteiger partial charge is 0.0597 e. The van der Waals surface area contributed by atoms with E-state index in [2.05, 4.69) is 72.3 Å². The van der Waals surface area contributed by atoms with Crippen LogP contribution in [0.4, 0.5) is 11.4 Å². The molecule has 0 spiro atoms. The Balaban J connectivity index is 2.15. The Labute approximate surface area is 125 Å². The molecular weight excluding hydrogens is 300 g/mol. The van der Waals surface area contributed by atoms with E-state index in [1.165, 1.54) is 30.6 Å². The number of hydrogen-bond donors (Lipinski definition) is 1. The number of nitrogens with one attached hydrogen (secondary N) is 1. The van der Waals surface area contributed by atoms with Crippen LogP contribution < -0.4 is 10.2 Å². The molecule has 0 saturated heterocycles. The Bertz CT molecular complexity index is 421. The van der Waals surface area contributed by atoms with E-state index in [-0.39, 0.29) is 0 Å². The van der Waals surface area contributed by atoms with Gasteiger partial charge >= 0.3 is 0 Å². The van der Waals surface area contributed by atoms with Gasteiger partial charge in [-0.3, -0.25) is 0 Å². The summed E-state index contributed by atoms with van der Waals surface area (Å²) >= 11 is 3.58. The first-order valence-electron chi connectivity index (χ1n) is 7.19.